The van der Waals surface area contributed by atoms with E-state index in [0.717, 1.165) is 22.5 Å². The fraction of sp³-hybridized carbons (Fsp3) is 0.190. The highest BCUT2D eigenvalue weighted by atomic mass is 16.5. The number of hydrogen-bond donors (Lipinski definition) is 2. The van der Waals surface area contributed by atoms with Crippen LogP contribution in [-0.2, 0) is 4.79 Å². The zero-order valence-corrected chi connectivity index (χ0v) is 15.9. The van der Waals surface area contributed by atoms with Gasteiger partial charge in [0.15, 0.2) is 12.4 Å². The fourth-order valence-electron chi connectivity index (χ4n) is 3.27. The first-order chi connectivity index (χ1) is 13.4. The van der Waals surface area contributed by atoms with Gasteiger partial charge in [0.05, 0.1) is 11.4 Å². The third-order valence-corrected chi connectivity index (χ3v) is 4.46. The molecule has 7 heteroatoms. The summed E-state index contributed by atoms with van der Waals surface area (Å²) in [6.45, 7) is 5.96. The lowest BCUT2D eigenvalue weighted by molar-refractivity contribution is -0.118. The Bertz CT molecular complexity index is 1080. The predicted octanol–water partition coefficient (Wildman–Crippen LogP) is 3.38. The third kappa shape index (κ3) is 3.46. The third-order valence-electron chi connectivity index (χ3n) is 4.46. The van der Waals surface area contributed by atoms with E-state index in [9.17, 15) is 9.59 Å². The summed E-state index contributed by atoms with van der Waals surface area (Å²) in [5.41, 5.74) is 5.15. The molecule has 0 saturated heterocycles. The number of aryl methyl sites for hydroxylation is 3. The molecule has 1 aliphatic rings. The second kappa shape index (κ2) is 6.84. The number of nitrogens with one attached hydrogen (secondary N) is 2. The second-order valence-corrected chi connectivity index (χ2v) is 6.93. The monoisotopic (exact) mass is 376 g/mol. The second-order valence-electron chi connectivity index (χ2n) is 6.93. The number of fused-ring (bicyclic) bond motifs is 1. The predicted molar refractivity (Wildman–Crippen MR) is 106 cm³/mol. The summed E-state index contributed by atoms with van der Waals surface area (Å²) < 4.78 is 7.18. The van der Waals surface area contributed by atoms with Crippen LogP contribution in [0.25, 0.3) is 5.69 Å². The van der Waals surface area contributed by atoms with Crippen LogP contribution in [-0.4, -0.2) is 28.2 Å². The Hall–Kier alpha value is -3.61. The Morgan fingerprint density at radius 3 is 2.61 bits per heavy atom. The average molecular weight is 376 g/mol. The Balaban J connectivity index is 1.56. The maximum Gasteiger partial charge on any atom is 0.262 e. The Morgan fingerprint density at radius 2 is 1.86 bits per heavy atom. The zero-order valence-electron chi connectivity index (χ0n) is 15.9. The smallest absolute Gasteiger partial charge is 0.262 e. The average Bonchev–Trinajstić information content (AvgIpc) is 3.00. The van der Waals surface area contributed by atoms with Gasteiger partial charge in [0, 0.05) is 17.3 Å². The normalized spacial score (nSPS) is 12.8. The highest BCUT2D eigenvalue weighted by Crippen LogP contribution is 2.29. The van der Waals surface area contributed by atoms with Gasteiger partial charge < -0.3 is 15.4 Å². The quantitative estimate of drug-likeness (QED) is 0.734. The molecule has 3 aromatic rings. The summed E-state index contributed by atoms with van der Waals surface area (Å²) in [5, 5.41) is 10.0. The molecule has 0 atom stereocenters. The van der Waals surface area contributed by atoms with Crippen molar-refractivity contribution in [2.75, 3.05) is 17.2 Å². The molecule has 0 unspecified atom stereocenters. The number of carbonyl (C=O) groups excluding carboxylic acids is 2. The van der Waals surface area contributed by atoms with Gasteiger partial charge in [-0.15, -0.1) is 5.10 Å². The van der Waals surface area contributed by atoms with Crippen molar-refractivity contribution in [3.05, 3.63) is 64.8 Å². The van der Waals surface area contributed by atoms with E-state index in [4.69, 9.17) is 4.74 Å². The summed E-state index contributed by atoms with van der Waals surface area (Å²) in [4.78, 5) is 24.0. The molecule has 142 valence electrons. The van der Waals surface area contributed by atoms with Gasteiger partial charge in [0.25, 0.3) is 11.8 Å². The van der Waals surface area contributed by atoms with Crippen LogP contribution in [0.2, 0.25) is 0 Å². The van der Waals surface area contributed by atoms with Gasteiger partial charge in [0.2, 0.25) is 0 Å². The van der Waals surface area contributed by atoms with E-state index in [0.29, 0.717) is 22.8 Å². The number of rotatable bonds is 3. The van der Waals surface area contributed by atoms with Crippen LogP contribution in [0.3, 0.4) is 0 Å². The van der Waals surface area contributed by atoms with Crippen LogP contribution in [0.4, 0.5) is 11.5 Å². The van der Waals surface area contributed by atoms with E-state index >= 15 is 0 Å². The molecule has 1 aliphatic heterocycles. The lowest BCUT2D eigenvalue weighted by atomic mass is 10.1. The standard InChI is InChI=1S/C21H20N4O3/c1-12-6-13(2)8-16(7-12)25-14(3)9-19(24-25)23-21(27)15-4-5-17-18(10-15)28-11-20(26)22-17/h4-10H,11H2,1-3H3,(H,22,26)(H,23,24,27). The highest BCUT2D eigenvalue weighted by molar-refractivity contribution is 6.05. The summed E-state index contributed by atoms with van der Waals surface area (Å²) in [5.74, 6) is 0.434. The maximum atomic E-state index is 12.6. The van der Waals surface area contributed by atoms with E-state index in [1.54, 1.807) is 22.9 Å². The lowest BCUT2D eigenvalue weighted by Gasteiger charge is -2.18. The molecule has 4 rings (SSSR count). The summed E-state index contributed by atoms with van der Waals surface area (Å²) >= 11 is 0. The number of carbonyl (C=O) groups is 2. The van der Waals surface area contributed by atoms with Gasteiger partial charge >= 0.3 is 0 Å². The van der Waals surface area contributed by atoms with Crippen molar-refractivity contribution in [1.82, 2.24) is 9.78 Å². The zero-order chi connectivity index (χ0) is 19.8. The van der Waals surface area contributed by atoms with Crippen molar-refractivity contribution in [2.24, 2.45) is 0 Å². The molecule has 2 heterocycles. The maximum absolute atomic E-state index is 12.6. The number of anilines is 2. The van der Waals surface area contributed by atoms with E-state index in [-0.39, 0.29) is 18.4 Å². The highest BCUT2D eigenvalue weighted by Gasteiger charge is 2.18. The minimum Gasteiger partial charge on any atom is -0.482 e. The van der Waals surface area contributed by atoms with Crippen LogP contribution in [0.15, 0.2) is 42.5 Å². The molecular formula is C21H20N4O3. The van der Waals surface area contributed by atoms with Gasteiger partial charge in [-0.1, -0.05) is 6.07 Å². The minimum atomic E-state index is -0.298. The molecule has 2 N–H and O–H groups in total. The molecule has 0 saturated carbocycles. The van der Waals surface area contributed by atoms with Crippen LogP contribution >= 0.6 is 0 Å². The first-order valence-corrected chi connectivity index (χ1v) is 8.92. The van der Waals surface area contributed by atoms with Crippen molar-refractivity contribution >= 4 is 23.3 Å². The van der Waals surface area contributed by atoms with E-state index in [1.165, 1.54) is 0 Å². The first kappa shape index (κ1) is 17.8. The number of hydrogen-bond acceptors (Lipinski definition) is 4. The van der Waals surface area contributed by atoms with E-state index < -0.39 is 0 Å². The number of ether oxygens (including phenoxy) is 1. The van der Waals surface area contributed by atoms with Gasteiger partial charge in [-0.3, -0.25) is 9.59 Å². The molecule has 2 amide bonds. The summed E-state index contributed by atoms with van der Waals surface area (Å²) in [6.07, 6.45) is 0. The van der Waals surface area contributed by atoms with Crippen molar-refractivity contribution in [3.63, 3.8) is 0 Å². The number of benzene rings is 2. The number of nitrogens with zero attached hydrogens (tertiary/aromatic N) is 2. The summed E-state index contributed by atoms with van der Waals surface area (Å²) in [6, 6.07) is 12.9. The van der Waals surface area contributed by atoms with Crippen molar-refractivity contribution in [3.8, 4) is 11.4 Å². The summed E-state index contributed by atoms with van der Waals surface area (Å²) in [7, 11) is 0. The SMILES string of the molecule is Cc1cc(C)cc(-n2nc(NC(=O)c3ccc4c(c3)OCC(=O)N4)cc2C)c1. The topological polar surface area (TPSA) is 85.2 Å². The Kier molecular flexibility index (Phi) is 4.35. The van der Waals surface area contributed by atoms with E-state index in [2.05, 4.69) is 21.8 Å². The molecule has 0 fully saturated rings. The van der Waals surface area contributed by atoms with E-state index in [1.807, 2.05) is 39.0 Å². The fourth-order valence-corrected chi connectivity index (χ4v) is 3.27. The number of amides is 2. The molecule has 2 aromatic carbocycles. The number of aromatic nitrogens is 2. The molecule has 0 radical (unpaired) electrons. The van der Waals surface area contributed by atoms with Gasteiger partial charge in [-0.2, -0.15) is 0 Å². The molecule has 7 nitrogen and oxygen atoms in total. The minimum absolute atomic E-state index is 0.0580. The Labute approximate surface area is 162 Å². The van der Waals surface area contributed by atoms with Gasteiger partial charge in [-0.05, 0) is 62.2 Å². The van der Waals surface area contributed by atoms with Crippen LogP contribution < -0.4 is 15.4 Å². The molecule has 1 aromatic heterocycles. The molecule has 0 spiro atoms. The van der Waals surface area contributed by atoms with Crippen LogP contribution in [0.5, 0.6) is 5.75 Å². The molecular weight excluding hydrogens is 356 g/mol. The van der Waals surface area contributed by atoms with Gasteiger partial charge in [-0.25, -0.2) is 4.68 Å². The largest absolute Gasteiger partial charge is 0.482 e. The van der Waals surface area contributed by atoms with Crippen molar-refractivity contribution in [1.29, 1.82) is 0 Å². The molecule has 0 aliphatic carbocycles. The molecule has 0 bridgehead atoms. The van der Waals surface area contributed by atoms with Gasteiger partial charge in [0.1, 0.15) is 5.75 Å². The van der Waals surface area contributed by atoms with Crippen LogP contribution in [0, 0.1) is 20.8 Å². The lowest BCUT2D eigenvalue weighted by Crippen LogP contribution is -2.25. The van der Waals surface area contributed by atoms with Crippen LogP contribution in [0.1, 0.15) is 27.2 Å². The molecule has 28 heavy (non-hydrogen) atoms. The van der Waals surface area contributed by atoms with Crippen molar-refractivity contribution < 1.29 is 14.3 Å². The van der Waals surface area contributed by atoms with Crippen molar-refractivity contribution in [2.45, 2.75) is 20.8 Å². The Morgan fingerprint density at radius 1 is 1.11 bits per heavy atom. The first-order valence-electron chi connectivity index (χ1n) is 8.92.